The van der Waals surface area contributed by atoms with Gasteiger partial charge in [0.25, 0.3) is 0 Å². The highest BCUT2D eigenvalue weighted by atomic mass is 127. The second-order valence-corrected chi connectivity index (χ2v) is 7.33. The Morgan fingerprint density at radius 2 is 2.04 bits per heavy atom. The van der Waals surface area contributed by atoms with E-state index in [9.17, 15) is 0 Å². The number of ether oxygens (including phenoxy) is 1. The van der Waals surface area contributed by atoms with E-state index in [4.69, 9.17) is 9.73 Å². The predicted octanol–water partition coefficient (Wildman–Crippen LogP) is 3.52. The van der Waals surface area contributed by atoms with E-state index in [1.54, 1.807) is 0 Å². The molecule has 0 aromatic heterocycles. The van der Waals surface area contributed by atoms with Crippen LogP contribution in [0.3, 0.4) is 0 Å². The zero-order chi connectivity index (χ0) is 16.4. The molecule has 1 saturated heterocycles. The van der Waals surface area contributed by atoms with Crippen molar-refractivity contribution in [3.05, 3.63) is 35.9 Å². The van der Waals surface area contributed by atoms with Crippen LogP contribution in [0.5, 0.6) is 0 Å². The number of nitrogens with one attached hydrogen (secondary N) is 1. The van der Waals surface area contributed by atoms with Gasteiger partial charge < -0.3 is 15.0 Å². The normalized spacial score (nSPS) is 27.7. The molecule has 3 unspecified atom stereocenters. The lowest BCUT2D eigenvalue weighted by Crippen LogP contribution is -2.67. The summed E-state index contributed by atoms with van der Waals surface area (Å²) in [5.41, 5.74) is 1.47. The largest absolute Gasteiger partial charge is 0.377 e. The maximum Gasteiger partial charge on any atom is 0.194 e. The zero-order valence-electron chi connectivity index (χ0n) is 15.2. The van der Waals surface area contributed by atoms with Gasteiger partial charge in [-0.15, -0.1) is 24.0 Å². The number of guanidine groups is 1. The highest BCUT2D eigenvalue weighted by molar-refractivity contribution is 14.0. The molecule has 1 aromatic rings. The number of halogens is 1. The second kappa shape index (κ2) is 8.04. The summed E-state index contributed by atoms with van der Waals surface area (Å²) in [6.07, 6.45) is 1.57. The van der Waals surface area contributed by atoms with Crippen LogP contribution in [0.1, 0.15) is 32.8 Å². The lowest BCUT2D eigenvalue weighted by Gasteiger charge is -2.55. The molecule has 5 heteroatoms. The molecule has 2 aliphatic rings. The summed E-state index contributed by atoms with van der Waals surface area (Å²) in [4.78, 5) is 6.93. The van der Waals surface area contributed by atoms with E-state index in [1.807, 2.05) is 0 Å². The van der Waals surface area contributed by atoms with E-state index in [1.165, 1.54) is 5.56 Å². The molecule has 0 radical (unpaired) electrons. The average Bonchev–Trinajstić information content (AvgIpc) is 2.99. The topological polar surface area (TPSA) is 36.9 Å². The van der Waals surface area contributed by atoms with E-state index < -0.39 is 0 Å². The van der Waals surface area contributed by atoms with Gasteiger partial charge in [-0.25, -0.2) is 0 Å². The fraction of sp³-hybridized carbons (Fsp3) is 0.632. The number of fused-ring (bicyclic) bond motifs is 1. The van der Waals surface area contributed by atoms with Gasteiger partial charge in [0.15, 0.2) is 5.96 Å². The summed E-state index contributed by atoms with van der Waals surface area (Å²) in [7, 11) is 2.11. The molecule has 4 nitrogen and oxygen atoms in total. The first kappa shape index (κ1) is 19.5. The van der Waals surface area contributed by atoms with Gasteiger partial charge in [-0.2, -0.15) is 0 Å². The smallest absolute Gasteiger partial charge is 0.194 e. The summed E-state index contributed by atoms with van der Waals surface area (Å²) in [5.74, 6) is 1.62. The predicted molar refractivity (Wildman–Crippen MR) is 110 cm³/mol. The molecule has 1 aliphatic heterocycles. The van der Waals surface area contributed by atoms with E-state index in [-0.39, 0.29) is 29.4 Å². The monoisotopic (exact) mass is 443 g/mol. The molecule has 3 rings (SSSR count). The number of rotatable bonds is 4. The van der Waals surface area contributed by atoms with Crippen molar-refractivity contribution in [2.75, 3.05) is 20.2 Å². The minimum absolute atomic E-state index is 0. The molecule has 2 fully saturated rings. The fourth-order valence-electron chi connectivity index (χ4n) is 4.11. The number of hydrogen-bond donors (Lipinski definition) is 1. The number of nitrogens with zero attached hydrogens (tertiary/aromatic N) is 2. The first-order valence-electron chi connectivity index (χ1n) is 8.71. The van der Waals surface area contributed by atoms with Crippen molar-refractivity contribution in [3.63, 3.8) is 0 Å². The lowest BCUT2D eigenvalue weighted by atomic mass is 9.57. The van der Waals surface area contributed by atoms with Crippen molar-refractivity contribution in [2.24, 2.45) is 16.3 Å². The van der Waals surface area contributed by atoms with Crippen LogP contribution < -0.4 is 5.32 Å². The van der Waals surface area contributed by atoms with Gasteiger partial charge in [0.05, 0.1) is 6.10 Å². The summed E-state index contributed by atoms with van der Waals surface area (Å²) in [6, 6.07) is 11.0. The SMILES string of the molecule is CCN=C(NC1C2CCOC2C1(C)C)N(C)Cc1ccccc1.I. The molecule has 1 aliphatic carbocycles. The van der Waals surface area contributed by atoms with Crippen LogP contribution in [-0.4, -0.2) is 43.2 Å². The molecular weight excluding hydrogens is 413 g/mol. The van der Waals surface area contributed by atoms with Crippen LogP contribution in [0.2, 0.25) is 0 Å². The molecule has 0 spiro atoms. The molecule has 24 heavy (non-hydrogen) atoms. The van der Waals surface area contributed by atoms with Crippen molar-refractivity contribution in [2.45, 2.75) is 45.9 Å². The summed E-state index contributed by atoms with van der Waals surface area (Å²) in [6.45, 7) is 9.25. The molecule has 1 saturated carbocycles. The van der Waals surface area contributed by atoms with Crippen molar-refractivity contribution >= 4 is 29.9 Å². The summed E-state index contributed by atoms with van der Waals surface area (Å²) < 4.78 is 5.90. The molecule has 0 bridgehead atoms. The highest BCUT2D eigenvalue weighted by Gasteiger charge is 2.59. The molecular formula is C19H30IN3O. The van der Waals surface area contributed by atoms with Crippen LogP contribution in [0, 0.1) is 11.3 Å². The minimum Gasteiger partial charge on any atom is -0.377 e. The fourth-order valence-corrected chi connectivity index (χ4v) is 4.11. The molecule has 134 valence electrons. The Labute approximate surface area is 163 Å². The Morgan fingerprint density at radius 1 is 1.33 bits per heavy atom. The Morgan fingerprint density at radius 3 is 2.71 bits per heavy atom. The quantitative estimate of drug-likeness (QED) is 0.440. The van der Waals surface area contributed by atoms with E-state index >= 15 is 0 Å². The van der Waals surface area contributed by atoms with Gasteiger partial charge in [0, 0.05) is 44.1 Å². The third-order valence-electron chi connectivity index (χ3n) is 5.32. The zero-order valence-corrected chi connectivity index (χ0v) is 17.5. The van der Waals surface area contributed by atoms with Crippen LogP contribution in [-0.2, 0) is 11.3 Å². The van der Waals surface area contributed by atoms with Crippen LogP contribution in [0.4, 0.5) is 0 Å². The van der Waals surface area contributed by atoms with Crippen LogP contribution in [0.25, 0.3) is 0 Å². The molecule has 1 heterocycles. The van der Waals surface area contributed by atoms with Gasteiger partial charge in [0.1, 0.15) is 0 Å². The second-order valence-electron chi connectivity index (χ2n) is 7.33. The number of aliphatic imine (C=N–C) groups is 1. The third-order valence-corrected chi connectivity index (χ3v) is 5.32. The molecule has 3 atom stereocenters. The summed E-state index contributed by atoms with van der Waals surface area (Å²) in [5, 5.41) is 3.73. The number of hydrogen-bond acceptors (Lipinski definition) is 2. The van der Waals surface area contributed by atoms with E-state index in [2.05, 4.69) is 68.4 Å². The van der Waals surface area contributed by atoms with Gasteiger partial charge in [-0.1, -0.05) is 44.2 Å². The standard InChI is InChI=1S/C19H29N3O.HI/c1-5-20-18(22(4)13-14-9-7-6-8-10-14)21-16-15-11-12-23-17(15)19(16,2)3;/h6-10,15-17H,5,11-13H2,1-4H3,(H,20,21);1H. The van der Waals surface area contributed by atoms with Crippen molar-refractivity contribution in [3.8, 4) is 0 Å². The Bertz CT molecular complexity index is 561. The van der Waals surface area contributed by atoms with Gasteiger partial charge in [-0.3, -0.25) is 4.99 Å². The van der Waals surface area contributed by atoms with Crippen molar-refractivity contribution in [1.82, 2.24) is 10.2 Å². The first-order chi connectivity index (χ1) is 11.0. The lowest BCUT2D eigenvalue weighted by molar-refractivity contribution is -0.107. The Hall–Kier alpha value is -0.820. The van der Waals surface area contributed by atoms with Gasteiger partial charge in [-0.05, 0) is 18.9 Å². The maximum atomic E-state index is 5.90. The van der Waals surface area contributed by atoms with Gasteiger partial charge >= 0.3 is 0 Å². The van der Waals surface area contributed by atoms with Crippen molar-refractivity contribution < 1.29 is 4.74 Å². The van der Waals surface area contributed by atoms with Crippen LogP contribution >= 0.6 is 24.0 Å². The first-order valence-corrected chi connectivity index (χ1v) is 8.71. The summed E-state index contributed by atoms with van der Waals surface area (Å²) >= 11 is 0. The Kier molecular flexibility index (Phi) is 6.53. The van der Waals surface area contributed by atoms with E-state index in [0.717, 1.165) is 32.1 Å². The molecule has 1 aromatic carbocycles. The number of benzene rings is 1. The molecule has 1 N–H and O–H groups in total. The average molecular weight is 443 g/mol. The van der Waals surface area contributed by atoms with Crippen LogP contribution in [0.15, 0.2) is 35.3 Å². The third kappa shape index (κ3) is 3.72. The minimum atomic E-state index is 0. The van der Waals surface area contributed by atoms with Gasteiger partial charge in [0.2, 0.25) is 0 Å². The Balaban J connectivity index is 0.00000208. The van der Waals surface area contributed by atoms with E-state index in [0.29, 0.717) is 18.1 Å². The highest BCUT2D eigenvalue weighted by Crippen LogP contribution is 2.52. The van der Waals surface area contributed by atoms with Crippen molar-refractivity contribution in [1.29, 1.82) is 0 Å². The maximum absolute atomic E-state index is 5.90. The molecule has 0 amide bonds.